The second-order valence-corrected chi connectivity index (χ2v) is 11.5. The van der Waals surface area contributed by atoms with E-state index >= 15 is 0 Å². The average Bonchev–Trinajstić information content (AvgIpc) is 3.09. The lowest BCUT2D eigenvalue weighted by Gasteiger charge is -2.29. The normalized spacial score (nSPS) is 19.9. The van der Waals surface area contributed by atoms with Crippen molar-refractivity contribution in [3.63, 3.8) is 0 Å². The Kier molecular flexibility index (Phi) is 13.2. The van der Waals surface area contributed by atoms with Crippen LogP contribution in [0.5, 0.6) is 11.5 Å². The van der Waals surface area contributed by atoms with Crippen LogP contribution in [0.25, 0.3) is 0 Å². The van der Waals surface area contributed by atoms with Gasteiger partial charge in [-0.05, 0) is 18.4 Å². The summed E-state index contributed by atoms with van der Waals surface area (Å²) in [5.41, 5.74) is 0.106. The van der Waals surface area contributed by atoms with E-state index in [4.69, 9.17) is 14.2 Å². The molecule has 1 N–H and O–H groups in total. The number of carbonyl (C=O) groups is 8. The molecule has 1 aliphatic rings. The number of pyridine rings is 1. The number of hydrogen-bond acceptors (Lipinski definition) is 13. The Balaban J connectivity index is 1.94. The van der Waals surface area contributed by atoms with E-state index < -0.39 is 94.7 Å². The zero-order valence-corrected chi connectivity index (χ0v) is 27.3. The number of nitrogens with zero attached hydrogens (tertiary/aromatic N) is 1. The van der Waals surface area contributed by atoms with Crippen LogP contribution in [-0.4, -0.2) is 78.3 Å². The highest BCUT2D eigenvalue weighted by Crippen LogP contribution is 2.31. The van der Waals surface area contributed by atoms with Crippen LogP contribution in [0.4, 0.5) is 0 Å². The number of aromatic nitrogens is 1. The molecule has 0 saturated heterocycles. The first kappa shape index (κ1) is 37.2. The molecule has 1 aliphatic carbocycles. The third-order valence-corrected chi connectivity index (χ3v) is 7.70. The van der Waals surface area contributed by atoms with Crippen molar-refractivity contribution < 1.29 is 57.3 Å². The fourth-order valence-corrected chi connectivity index (χ4v) is 5.00. The quantitative estimate of drug-likeness (QED) is 0.256. The van der Waals surface area contributed by atoms with Crippen molar-refractivity contribution in [3.8, 4) is 11.5 Å². The molecule has 14 nitrogen and oxygen atoms in total. The van der Waals surface area contributed by atoms with Gasteiger partial charge in [0, 0.05) is 31.5 Å². The summed E-state index contributed by atoms with van der Waals surface area (Å²) >= 11 is 0. The van der Waals surface area contributed by atoms with Crippen LogP contribution in [0.2, 0.25) is 0 Å². The summed E-state index contributed by atoms with van der Waals surface area (Å²) in [6.07, 6.45) is -1.43. The Bertz CT molecular complexity index is 1570. The molecule has 14 heteroatoms. The van der Waals surface area contributed by atoms with Crippen molar-refractivity contribution >= 4 is 46.9 Å². The molecular weight excluding hydrogens is 628 g/mol. The van der Waals surface area contributed by atoms with Gasteiger partial charge in [-0.1, -0.05) is 51.1 Å². The molecule has 256 valence electrons. The Morgan fingerprint density at radius 1 is 0.917 bits per heavy atom. The fourth-order valence-electron chi connectivity index (χ4n) is 5.00. The number of hydrogen-bond donors (Lipinski definition) is 1. The Hall–Kier alpha value is -5.27. The van der Waals surface area contributed by atoms with E-state index in [-0.39, 0.29) is 31.4 Å². The van der Waals surface area contributed by atoms with Gasteiger partial charge in [-0.15, -0.1) is 0 Å². The number of carbonyl (C=O) groups excluding carboxylic acids is 8. The maximum absolute atomic E-state index is 13.7. The molecule has 48 heavy (non-hydrogen) atoms. The van der Waals surface area contributed by atoms with E-state index in [0.29, 0.717) is 5.56 Å². The molecule has 2 aromatic rings. The van der Waals surface area contributed by atoms with E-state index in [9.17, 15) is 38.4 Å². The predicted octanol–water partition coefficient (Wildman–Crippen LogP) is 2.18. The van der Waals surface area contributed by atoms with Crippen molar-refractivity contribution in [3.05, 3.63) is 53.9 Å². The maximum Gasteiger partial charge on any atom is 0.311 e. The van der Waals surface area contributed by atoms with Gasteiger partial charge in [0.2, 0.25) is 28.9 Å². The van der Waals surface area contributed by atoms with Gasteiger partial charge < -0.3 is 24.3 Å². The number of Topliss-reactive ketones (excluding diaryl/α,β-unsaturated/α-hetero) is 4. The van der Waals surface area contributed by atoms with Crippen molar-refractivity contribution in [2.75, 3.05) is 14.2 Å². The Morgan fingerprint density at radius 2 is 1.58 bits per heavy atom. The van der Waals surface area contributed by atoms with Crippen LogP contribution in [0.1, 0.15) is 62.5 Å². The number of rotatable bonds is 12. The molecule has 4 atom stereocenters. The molecule has 3 rings (SSSR count). The summed E-state index contributed by atoms with van der Waals surface area (Å²) in [7, 11) is 2.45. The molecule has 0 spiro atoms. The van der Waals surface area contributed by atoms with Crippen molar-refractivity contribution in [2.24, 2.45) is 17.8 Å². The van der Waals surface area contributed by atoms with Gasteiger partial charge in [0.15, 0.2) is 11.4 Å². The smallest absolute Gasteiger partial charge is 0.311 e. The predicted molar refractivity (Wildman–Crippen MR) is 166 cm³/mol. The topological polar surface area (TPSA) is 198 Å². The summed E-state index contributed by atoms with van der Waals surface area (Å²) in [4.78, 5) is 108. The molecular formula is C34H38N2O12. The van der Waals surface area contributed by atoms with Gasteiger partial charge in [0.25, 0.3) is 5.91 Å². The fraction of sp³-hybridized carbons (Fsp3) is 0.441. The van der Waals surface area contributed by atoms with Crippen LogP contribution in [0, 0.1) is 17.8 Å². The Morgan fingerprint density at radius 3 is 2.21 bits per heavy atom. The molecule has 0 radical (unpaired) electrons. The maximum atomic E-state index is 13.7. The molecule has 0 unspecified atom stereocenters. The van der Waals surface area contributed by atoms with E-state index in [1.807, 2.05) is 0 Å². The first-order valence-corrected chi connectivity index (χ1v) is 15.3. The zero-order valence-electron chi connectivity index (χ0n) is 27.3. The van der Waals surface area contributed by atoms with Gasteiger partial charge >= 0.3 is 17.9 Å². The second-order valence-electron chi connectivity index (χ2n) is 11.5. The standard InChI is InChI=1S/C34H38N2O12/c1-18(2)34(44)48-31-19(3)28(40)30(42)22(17-23(37)29(41)21(31)16-20-10-7-6-8-11-20)36-33(43)27-32(24(45-4)14-15-35-27)47-26(39)13-9-12-25(38)46-5/h6-8,10-11,14-15,18-19,21-22,31H,9,12-13,16-17H2,1-5H3,(H,36,43)/t19-,21+,22+,31-/m1/s1. The van der Waals surface area contributed by atoms with Gasteiger partial charge in [0.05, 0.1) is 32.0 Å². The van der Waals surface area contributed by atoms with Crippen LogP contribution < -0.4 is 14.8 Å². The molecule has 0 bridgehead atoms. The molecule has 0 aliphatic heterocycles. The number of nitrogens with one attached hydrogen (secondary N) is 1. The first-order valence-electron chi connectivity index (χ1n) is 15.3. The number of ketones is 4. The molecule has 1 saturated carbocycles. The Labute approximate surface area is 276 Å². The molecule has 1 amide bonds. The molecule has 1 aromatic heterocycles. The van der Waals surface area contributed by atoms with Gasteiger partial charge in [0.1, 0.15) is 12.1 Å². The van der Waals surface area contributed by atoms with Crippen LogP contribution >= 0.6 is 0 Å². The number of esters is 3. The van der Waals surface area contributed by atoms with E-state index in [2.05, 4.69) is 15.0 Å². The molecule has 1 heterocycles. The van der Waals surface area contributed by atoms with Crippen molar-refractivity contribution in [1.29, 1.82) is 0 Å². The summed E-state index contributed by atoms with van der Waals surface area (Å²) < 4.78 is 20.7. The zero-order chi connectivity index (χ0) is 35.5. The van der Waals surface area contributed by atoms with Gasteiger partial charge in [-0.3, -0.25) is 38.4 Å². The van der Waals surface area contributed by atoms with Crippen molar-refractivity contribution in [2.45, 2.75) is 65.0 Å². The largest absolute Gasteiger partial charge is 0.493 e. The highest BCUT2D eigenvalue weighted by Gasteiger charge is 2.46. The molecule has 1 aromatic carbocycles. The van der Waals surface area contributed by atoms with Crippen molar-refractivity contribution in [1.82, 2.24) is 10.3 Å². The van der Waals surface area contributed by atoms with Crippen LogP contribution in [0.3, 0.4) is 0 Å². The van der Waals surface area contributed by atoms with Crippen LogP contribution in [-0.2, 0) is 49.5 Å². The number of amides is 1. The first-order chi connectivity index (χ1) is 22.8. The highest BCUT2D eigenvalue weighted by atomic mass is 16.6. The minimum Gasteiger partial charge on any atom is -0.493 e. The minimum atomic E-state index is -1.81. The minimum absolute atomic E-state index is 0.0597. The number of methoxy groups -OCH3 is 2. The monoisotopic (exact) mass is 666 g/mol. The second kappa shape index (κ2) is 17.0. The summed E-state index contributed by atoms with van der Waals surface area (Å²) in [5.74, 6) is -11.3. The summed E-state index contributed by atoms with van der Waals surface area (Å²) in [5, 5.41) is 2.29. The van der Waals surface area contributed by atoms with Gasteiger partial charge in [-0.2, -0.15) is 0 Å². The third kappa shape index (κ3) is 9.39. The number of benzene rings is 1. The SMILES string of the molecule is COC(=O)CCCC(=O)Oc1c(OC)ccnc1C(=O)N[C@H]1CC(=O)C(=O)[C@H](Cc2ccccc2)[C@H](OC(=O)C(C)C)[C@H](C)C(=O)C1=O. The lowest BCUT2D eigenvalue weighted by molar-refractivity contribution is -0.163. The summed E-state index contributed by atoms with van der Waals surface area (Å²) in [6.45, 7) is 4.43. The lowest BCUT2D eigenvalue weighted by atomic mass is 9.81. The highest BCUT2D eigenvalue weighted by molar-refractivity contribution is 6.44. The molecule has 1 fully saturated rings. The lowest BCUT2D eigenvalue weighted by Crippen LogP contribution is -2.48. The third-order valence-electron chi connectivity index (χ3n) is 7.70. The average molecular weight is 667 g/mol. The number of ether oxygens (including phenoxy) is 4. The van der Waals surface area contributed by atoms with Gasteiger partial charge in [-0.25, -0.2) is 4.98 Å². The van der Waals surface area contributed by atoms with E-state index in [0.717, 1.165) is 6.20 Å². The summed E-state index contributed by atoms with van der Waals surface area (Å²) in [6, 6.07) is 8.10. The van der Waals surface area contributed by atoms with Crippen LogP contribution in [0.15, 0.2) is 42.6 Å². The van der Waals surface area contributed by atoms with E-state index in [1.54, 1.807) is 44.2 Å². The van der Waals surface area contributed by atoms with E-state index in [1.165, 1.54) is 27.2 Å².